The van der Waals surface area contributed by atoms with Gasteiger partial charge < -0.3 is 10.2 Å². The van der Waals surface area contributed by atoms with Crippen LogP contribution in [0.2, 0.25) is 0 Å². The standard InChI is InChI=1S/C14H30O2S2/c1-13(2,11-15)5-7-17-9-10-18-8-6-14(3,4)12-16/h15-16H,5-12H2,1-4H3. The summed E-state index contributed by atoms with van der Waals surface area (Å²) in [6.45, 7) is 8.99. The second kappa shape index (κ2) is 9.51. The third-order valence-corrected chi connectivity index (χ3v) is 5.30. The van der Waals surface area contributed by atoms with Crippen LogP contribution >= 0.6 is 23.5 Å². The van der Waals surface area contributed by atoms with E-state index in [0.717, 1.165) is 24.3 Å². The van der Waals surface area contributed by atoms with Gasteiger partial charge >= 0.3 is 0 Å². The zero-order valence-electron chi connectivity index (χ0n) is 12.4. The van der Waals surface area contributed by atoms with E-state index in [0.29, 0.717) is 0 Å². The average molecular weight is 295 g/mol. The first-order chi connectivity index (χ1) is 8.33. The topological polar surface area (TPSA) is 40.5 Å². The summed E-state index contributed by atoms with van der Waals surface area (Å²) in [6.07, 6.45) is 2.16. The van der Waals surface area contributed by atoms with E-state index in [-0.39, 0.29) is 24.0 Å². The molecule has 0 saturated carbocycles. The Morgan fingerprint density at radius 1 is 0.667 bits per heavy atom. The molecule has 0 heterocycles. The van der Waals surface area contributed by atoms with Gasteiger partial charge in [0.1, 0.15) is 0 Å². The summed E-state index contributed by atoms with van der Waals surface area (Å²) >= 11 is 3.96. The summed E-state index contributed by atoms with van der Waals surface area (Å²) in [7, 11) is 0. The number of thioether (sulfide) groups is 2. The SMILES string of the molecule is CC(C)(CO)CCSCCSCCC(C)(C)CO. The summed E-state index contributed by atoms with van der Waals surface area (Å²) in [5.41, 5.74) is 0.149. The Bertz CT molecular complexity index is 184. The van der Waals surface area contributed by atoms with E-state index in [4.69, 9.17) is 10.2 Å². The van der Waals surface area contributed by atoms with Crippen LogP contribution in [0.25, 0.3) is 0 Å². The largest absolute Gasteiger partial charge is 0.396 e. The predicted octanol–water partition coefficient (Wildman–Crippen LogP) is 3.27. The van der Waals surface area contributed by atoms with Gasteiger partial charge in [0.05, 0.1) is 0 Å². The Labute approximate surface area is 121 Å². The smallest absolute Gasteiger partial charge is 0.0482 e. The van der Waals surface area contributed by atoms with Crippen LogP contribution in [0.3, 0.4) is 0 Å². The van der Waals surface area contributed by atoms with Gasteiger partial charge in [0.15, 0.2) is 0 Å². The zero-order chi connectivity index (χ0) is 14.1. The molecule has 2 nitrogen and oxygen atoms in total. The van der Waals surface area contributed by atoms with Crippen molar-refractivity contribution in [1.29, 1.82) is 0 Å². The summed E-state index contributed by atoms with van der Waals surface area (Å²) < 4.78 is 0. The van der Waals surface area contributed by atoms with Crippen molar-refractivity contribution in [3.05, 3.63) is 0 Å². The van der Waals surface area contributed by atoms with Crippen molar-refractivity contribution >= 4 is 23.5 Å². The molecule has 0 aliphatic rings. The highest BCUT2D eigenvalue weighted by atomic mass is 32.2. The molecular formula is C14H30O2S2. The van der Waals surface area contributed by atoms with Gasteiger partial charge in [0.2, 0.25) is 0 Å². The maximum atomic E-state index is 9.13. The van der Waals surface area contributed by atoms with Gasteiger partial charge in [-0.05, 0) is 35.2 Å². The third kappa shape index (κ3) is 10.5. The molecule has 0 atom stereocenters. The molecule has 2 N–H and O–H groups in total. The van der Waals surface area contributed by atoms with Gasteiger partial charge in [-0.1, -0.05) is 27.7 Å². The van der Waals surface area contributed by atoms with Crippen molar-refractivity contribution in [2.24, 2.45) is 10.8 Å². The Kier molecular flexibility index (Phi) is 9.84. The van der Waals surface area contributed by atoms with Crippen molar-refractivity contribution in [2.45, 2.75) is 40.5 Å². The maximum Gasteiger partial charge on any atom is 0.0482 e. The lowest BCUT2D eigenvalue weighted by Gasteiger charge is -2.21. The van der Waals surface area contributed by atoms with E-state index in [2.05, 4.69) is 27.7 Å². The van der Waals surface area contributed by atoms with Gasteiger partial charge in [0, 0.05) is 24.7 Å². The molecule has 0 fully saturated rings. The highest BCUT2D eigenvalue weighted by molar-refractivity contribution is 8.02. The molecule has 0 amide bonds. The minimum absolute atomic E-state index is 0.0747. The Balaban J connectivity index is 3.32. The molecule has 0 aromatic carbocycles. The number of rotatable bonds is 11. The molecule has 0 aliphatic carbocycles. The van der Waals surface area contributed by atoms with Crippen molar-refractivity contribution in [1.82, 2.24) is 0 Å². The molecular weight excluding hydrogens is 264 g/mol. The fraction of sp³-hybridized carbons (Fsp3) is 1.00. The molecule has 0 bridgehead atoms. The number of hydrogen-bond acceptors (Lipinski definition) is 4. The molecule has 0 spiro atoms. The van der Waals surface area contributed by atoms with Crippen LogP contribution in [0, 0.1) is 10.8 Å². The first-order valence-corrected chi connectivity index (χ1v) is 9.01. The van der Waals surface area contributed by atoms with E-state index in [1.807, 2.05) is 23.5 Å². The van der Waals surface area contributed by atoms with Gasteiger partial charge in [-0.3, -0.25) is 0 Å². The molecule has 0 saturated heterocycles. The lowest BCUT2D eigenvalue weighted by Crippen LogP contribution is -2.17. The monoisotopic (exact) mass is 294 g/mol. The first kappa shape index (κ1) is 18.6. The molecule has 18 heavy (non-hydrogen) atoms. The van der Waals surface area contributed by atoms with E-state index in [9.17, 15) is 0 Å². The van der Waals surface area contributed by atoms with Crippen molar-refractivity contribution in [3.63, 3.8) is 0 Å². The van der Waals surface area contributed by atoms with Crippen LogP contribution in [-0.2, 0) is 0 Å². The average Bonchev–Trinajstić information content (AvgIpc) is 2.32. The Hall–Kier alpha value is 0.620. The molecule has 110 valence electrons. The van der Waals surface area contributed by atoms with E-state index in [1.165, 1.54) is 11.5 Å². The van der Waals surface area contributed by atoms with Gasteiger partial charge in [0.25, 0.3) is 0 Å². The predicted molar refractivity (Wildman–Crippen MR) is 85.6 cm³/mol. The Morgan fingerprint density at radius 2 is 1.00 bits per heavy atom. The fourth-order valence-corrected chi connectivity index (χ4v) is 3.92. The van der Waals surface area contributed by atoms with E-state index >= 15 is 0 Å². The molecule has 0 rings (SSSR count). The summed E-state index contributed by atoms with van der Waals surface area (Å²) in [4.78, 5) is 0. The van der Waals surface area contributed by atoms with Crippen LogP contribution in [-0.4, -0.2) is 46.4 Å². The van der Waals surface area contributed by atoms with Crippen molar-refractivity contribution < 1.29 is 10.2 Å². The summed E-state index contributed by atoms with van der Waals surface area (Å²) in [5, 5.41) is 18.3. The zero-order valence-corrected chi connectivity index (χ0v) is 14.0. The van der Waals surface area contributed by atoms with Crippen LogP contribution in [0.1, 0.15) is 40.5 Å². The van der Waals surface area contributed by atoms with Crippen LogP contribution < -0.4 is 0 Å². The van der Waals surface area contributed by atoms with Crippen LogP contribution in [0.5, 0.6) is 0 Å². The number of aliphatic hydroxyl groups is 2. The molecule has 0 aromatic rings. The van der Waals surface area contributed by atoms with Crippen molar-refractivity contribution in [3.8, 4) is 0 Å². The number of aliphatic hydroxyl groups excluding tert-OH is 2. The summed E-state index contributed by atoms with van der Waals surface area (Å²) in [5.74, 6) is 4.64. The molecule has 0 unspecified atom stereocenters. The van der Waals surface area contributed by atoms with Gasteiger partial charge in [-0.25, -0.2) is 0 Å². The second-order valence-corrected chi connectivity index (χ2v) is 8.82. The molecule has 4 heteroatoms. The van der Waals surface area contributed by atoms with Gasteiger partial charge in [-0.2, -0.15) is 23.5 Å². The number of hydrogen-bond donors (Lipinski definition) is 2. The first-order valence-electron chi connectivity index (χ1n) is 6.70. The maximum absolute atomic E-state index is 9.13. The normalized spacial score (nSPS) is 13.0. The lowest BCUT2D eigenvalue weighted by molar-refractivity contribution is 0.157. The lowest BCUT2D eigenvalue weighted by atomic mass is 9.92. The van der Waals surface area contributed by atoms with E-state index in [1.54, 1.807) is 0 Å². The fourth-order valence-electron chi connectivity index (χ4n) is 1.18. The minimum Gasteiger partial charge on any atom is -0.396 e. The summed E-state index contributed by atoms with van der Waals surface area (Å²) in [6, 6.07) is 0. The van der Waals surface area contributed by atoms with Gasteiger partial charge in [-0.15, -0.1) is 0 Å². The van der Waals surface area contributed by atoms with Crippen LogP contribution in [0.4, 0.5) is 0 Å². The third-order valence-electron chi connectivity index (χ3n) is 3.07. The minimum atomic E-state index is 0.0747. The second-order valence-electron chi connectivity index (χ2n) is 6.37. The molecule has 0 aromatic heterocycles. The highest BCUT2D eigenvalue weighted by Gasteiger charge is 2.16. The van der Waals surface area contributed by atoms with Crippen LogP contribution in [0.15, 0.2) is 0 Å². The molecule has 0 radical (unpaired) electrons. The molecule has 0 aliphatic heterocycles. The van der Waals surface area contributed by atoms with Crippen molar-refractivity contribution in [2.75, 3.05) is 36.2 Å². The highest BCUT2D eigenvalue weighted by Crippen LogP contribution is 2.24. The van der Waals surface area contributed by atoms with E-state index < -0.39 is 0 Å². The Morgan fingerprint density at radius 3 is 1.28 bits per heavy atom. The quantitative estimate of drug-likeness (QED) is 0.574.